The van der Waals surface area contributed by atoms with Crippen LogP contribution in [0.4, 0.5) is 0 Å². The zero-order chi connectivity index (χ0) is 9.68. The number of hydrogen-bond donors (Lipinski definition) is 1. The molecule has 13 heavy (non-hydrogen) atoms. The first kappa shape index (κ1) is 10.6. The fourth-order valence-electron chi connectivity index (χ4n) is 1.36. The van der Waals surface area contributed by atoms with Gasteiger partial charge < -0.3 is 5.32 Å². The highest BCUT2D eigenvalue weighted by Crippen LogP contribution is 2.11. The van der Waals surface area contributed by atoms with Gasteiger partial charge in [-0.05, 0) is 37.6 Å². The first-order chi connectivity index (χ1) is 6.26. The van der Waals surface area contributed by atoms with Gasteiger partial charge in [-0.25, -0.2) is 0 Å². The summed E-state index contributed by atoms with van der Waals surface area (Å²) in [5, 5.41) is 4.09. The van der Waals surface area contributed by atoms with Crippen LogP contribution < -0.4 is 5.32 Å². The average Bonchev–Trinajstić information content (AvgIpc) is 2.17. The van der Waals surface area contributed by atoms with Crippen molar-refractivity contribution in [2.45, 2.75) is 25.8 Å². The van der Waals surface area contributed by atoms with Gasteiger partial charge in [0.1, 0.15) is 0 Å². The molecule has 0 amide bonds. The second-order valence-corrected chi connectivity index (χ2v) is 3.66. The normalized spacial score (nSPS) is 12.8. The van der Waals surface area contributed by atoms with Crippen LogP contribution in [0.15, 0.2) is 24.3 Å². The molecule has 0 unspecified atom stereocenters. The molecule has 1 atom stereocenters. The Morgan fingerprint density at radius 3 is 2.38 bits per heavy atom. The summed E-state index contributed by atoms with van der Waals surface area (Å²) in [6.07, 6.45) is 2.23. The fraction of sp³-hybridized carbons (Fsp3) is 0.455. The smallest absolute Gasteiger partial charge is 0.0406 e. The predicted octanol–water partition coefficient (Wildman–Crippen LogP) is 2.88. The predicted molar refractivity (Wildman–Crippen MR) is 58.3 cm³/mol. The van der Waals surface area contributed by atoms with E-state index in [4.69, 9.17) is 11.6 Å². The minimum Gasteiger partial charge on any atom is -0.317 e. The van der Waals surface area contributed by atoms with E-state index < -0.39 is 0 Å². The van der Waals surface area contributed by atoms with E-state index >= 15 is 0 Å². The Balaban J connectivity index is 2.58. The second kappa shape index (κ2) is 5.25. The third-order valence-electron chi connectivity index (χ3n) is 2.30. The third-order valence-corrected chi connectivity index (χ3v) is 2.55. The molecule has 0 aromatic heterocycles. The first-order valence-electron chi connectivity index (χ1n) is 4.68. The zero-order valence-corrected chi connectivity index (χ0v) is 8.93. The van der Waals surface area contributed by atoms with Gasteiger partial charge >= 0.3 is 0 Å². The van der Waals surface area contributed by atoms with Crippen molar-refractivity contribution in [1.82, 2.24) is 5.32 Å². The molecule has 0 aliphatic rings. The molecule has 72 valence electrons. The fourth-order valence-corrected chi connectivity index (χ4v) is 1.48. The molecule has 1 nitrogen and oxygen atoms in total. The van der Waals surface area contributed by atoms with E-state index in [1.54, 1.807) is 0 Å². The van der Waals surface area contributed by atoms with Crippen molar-refractivity contribution in [2.75, 3.05) is 7.05 Å². The minimum atomic E-state index is 0.571. The van der Waals surface area contributed by atoms with Crippen molar-refractivity contribution in [3.8, 4) is 0 Å². The maximum absolute atomic E-state index is 5.80. The van der Waals surface area contributed by atoms with Crippen molar-refractivity contribution >= 4 is 11.6 Å². The van der Waals surface area contributed by atoms with Gasteiger partial charge in [-0.1, -0.05) is 30.7 Å². The van der Waals surface area contributed by atoms with E-state index in [1.165, 1.54) is 5.56 Å². The number of nitrogens with one attached hydrogen (secondary N) is 1. The summed E-state index contributed by atoms with van der Waals surface area (Å²) in [4.78, 5) is 0. The highest BCUT2D eigenvalue weighted by Gasteiger charge is 2.03. The Bertz CT molecular complexity index is 239. The van der Waals surface area contributed by atoms with Gasteiger partial charge in [-0.2, -0.15) is 0 Å². The minimum absolute atomic E-state index is 0.571. The lowest BCUT2D eigenvalue weighted by molar-refractivity contribution is 0.543. The number of rotatable bonds is 4. The molecular weight excluding hydrogens is 182 g/mol. The summed E-state index contributed by atoms with van der Waals surface area (Å²) in [6, 6.07) is 8.63. The van der Waals surface area contributed by atoms with E-state index in [2.05, 4.69) is 24.4 Å². The van der Waals surface area contributed by atoms with E-state index in [-0.39, 0.29) is 0 Å². The lowest BCUT2D eigenvalue weighted by Gasteiger charge is -2.13. The van der Waals surface area contributed by atoms with Crippen molar-refractivity contribution < 1.29 is 0 Å². The Hall–Kier alpha value is -0.530. The van der Waals surface area contributed by atoms with E-state index in [1.807, 2.05) is 19.2 Å². The molecule has 1 rings (SSSR count). The van der Waals surface area contributed by atoms with Crippen LogP contribution in [0.1, 0.15) is 18.9 Å². The molecule has 0 saturated carbocycles. The van der Waals surface area contributed by atoms with Crippen molar-refractivity contribution in [3.05, 3.63) is 34.9 Å². The number of likely N-dealkylation sites (N-methyl/N-ethyl adjacent to an activating group) is 1. The number of benzene rings is 1. The molecule has 1 aromatic rings. The van der Waals surface area contributed by atoms with Crippen molar-refractivity contribution in [2.24, 2.45) is 0 Å². The molecule has 0 aliphatic carbocycles. The highest BCUT2D eigenvalue weighted by atomic mass is 35.5. The molecule has 0 saturated heterocycles. The number of halogens is 1. The molecule has 0 bridgehead atoms. The SMILES string of the molecule is CC[C@@H](Cc1ccc(Cl)cc1)NC. The molecular formula is C11H16ClN. The van der Waals surface area contributed by atoms with E-state index in [0.717, 1.165) is 17.9 Å². The van der Waals surface area contributed by atoms with E-state index in [9.17, 15) is 0 Å². The largest absolute Gasteiger partial charge is 0.317 e. The Morgan fingerprint density at radius 1 is 1.31 bits per heavy atom. The summed E-state index contributed by atoms with van der Waals surface area (Å²) in [7, 11) is 2.00. The standard InChI is InChI=1S/C11H16ClN/c1-3-11(13-2)8-9-4-6-10(12)7-5-9/h4-7,11,13H,3,8H2,1-2H3/t11-/m0/s1. The van der Waals surface area contributed by atoms with Gasteiger partial charge in [0.15, 0.2) is 0 Å². The molecule has 0 aliphatic heterocycles. The summed E-state index contributed by atoms with van der Waals surface area (Å²) in [5.41, 5.74) is 1.34. The van der Waals surface area contributed by atoms with E-state index in [0.29, 0.717) is 6.04 Å². The molecule has 0 heterocycles. The van der Waals surface area contributed by atoms with Crippen LogP contribution in [0.5, 0.6) is 0 Å². The highest BCUT2D eigenvalue weighted by molar-refractivity contribution is 6.30. The monoisotopic (exact) mass is 197 g/mol. The van der Waals surface area contributed by atoms with Crippen LogP contribution in [0.3, 0.4) is 0 Å². The number of hydrogen-bond acceptors (Lipinski definition) is 1. The topological polar surface area (TPSA) is 12.0 Å². The van der Waals surface area contributed by atoms with Crippen LogP contribution in [-0.4, -0.2) is 13.1 Å². The second-order valence-electron chi connectivity index (χ2n) is 3.22. The lowest BCUT2D eigenvalue weighted by atomic mass is 10.0. The molecule has 2 heteroatoms. The van der Waals surface area contributed by atoms with Gasteiger partial charge in [0.05, 0.1) is 0 Å². The summed E-state index contributed by atoms with van der Waals surface area (Å²) >= 11 is 5.80. The zero-order valence-electron chi connectivity index (χ0n) is 8.18. The van der Waals surface area contributed by atoms with Crippen LogP contribution in [0.2, 0.25) is 5.02 Å². The van der Waals surface area contributed by atoms with Crippen LogP contribution in [0, 0.1) is 0 Å². The first-order valence-corrected chi connectivity index (χ1v) is 5.05. The summed E-state index contributed by atoms with van der Waals surface area (Å²) in [5.74, 6) is 0. The summed E-state index contributed by atoms with van der Waals surface area (Å²) in [6.45, 7) is 2.19. The maximum Gasteiger partial charge on any atom is 0.0406 e. The Morgan fingerprint density at radius 2 is 1.92 bits per heavy atom. The average molecular weight is 198 g/mol. The van der Waals surface area contributed by atoms with Crippen molar-refractivity contribution in [1.29, 1.82) is 0 Å². The van der Waals surface area contributed by atoms with Gasteiger partial charge in [0.2, 0.25) is 0 Å². The quantitative estimate of drug-likeness (QED) is 0.783. The van der Waals surface area contributed by atoms with Crippen LogP contribution in [-0.2, 0) is 6.42 Å². The van der Waals surface area contributed by atoms with Gasteiger partial charge in [0.25, 0.3) is 0 Å². The summed E-state index contributed by atoms with van der Waals surface area (Å²) < 4.78 is 0. The lowest BCUT2D eigenvalue weighted by Crippen LogP contribution is -2.26. The molecule has 0 radical (unpaired) electrons. The molecule has 0 fully saturated rings. The van der Waals surface area contributed by atoms with Gasteiger partial charge in [-0.3, -0.25) is 0 Å². The van der Waals surface area contributed by atoms with Crippen LogP contribution >= 0.6 is 11.6 Å². The molecule has 0 spiro atoms. The van der Waals surface area contributed by atoms with Crippen molar-refractivity contribution in [3.63, 3.8) is 0 Å². The third kappa shape index (κ3) is 3.37. The Labute approximate surface area is 85.1 Å². The molecule has 1 N–H and O–H groups in total. The van der Waals surface area contributed by atoms with Gasteiger partial charge in [0, 0.05) is 11.1 Å². The molecule has 1 aromatic carbocycles. The maximum atomic E-state index is 5.80. The van der Waals surface area contributed by atoms with Gasteiger partial charge in [-0.15, -0.1) is 0 Å². The van der Waals surface area contributed by atoms with Crippen LogP contribution in [0.25, 0.3) is 0 Å². The Kier molecular flexibility index (Phi) is 4.26.